The highest BCUT2D eigenvalue weighted by Crippen LogP contribution is 2.19. The molecule has 0 spiro atoms. The number of benzene rings is 1. The second-order valence-corrected chi connectivity index (χ2v) is 7.72. The van der Waals surface area contributed by atoms with Gasteiger partial charge in [0.15, 0.2) is 5.78 Å². The molecule has 1 saturated heterocycles. The fourth-order valence-electron chi connectivity index (χ4n) is 2.86. The molecule has 24 heavy (non-hydrogen) atoms. The summed E-state index contributed by atoms with van der Waals surface area (Å²) >= 11 is 0. The standard InChI is InChI=1S/C16H22N2O5S/c1-3-15(16(20)21)17-8-10-18(11-9-17)24(22,23)14-6-4-13(5-7-14)12(2)19/h4-7,15H,3,8-11H2,1-2H3,(H,20,21). The molecule has 0 radical (unpaired) electrons. The third-order valence-electron chi connectivity index (χ3n) is 4.28. The molecule has 0 saturated carbocycles. The first-order valence-electron chi connectivity index (χ1n) is 7.85. The van der Waals surface area contributed by atoms with E-state index in [9.17, 15) is 23.1 Å². The van der Waals surface area contributed by atoms with Gasteiger partial charge in [0.05, 0.1) is 4.90 Å². The van der Waals surface area contributed by atoms with Gasteiger partial charge in [-0.1, -0.05) is 19.1 Å². The van der Waals surface area contributed by atoms with Crippen LogP contribution in [0.5, 0.6) is 0 Å². The number of carboxylic acids is 1. The Bertz CT molecular complexity index is 706. The van der Waals surface area contributed by atoms with Gasteiger partial charge >= 0.3 is 5.97 Å². The fraction of sp³-hybridized carbons (Fsp3) is 0.500. The van der Waals surface area contributed by atoms with E-state index in [2.05, 4.69) is 0 Å². The summed E-state index contributed by atoms with van der Waals surface area (Å²) in [6.07, 6.45) is 0.481. The van der Waals surface area contributed by atoms with Crippen LogP contribution in [0.1, 0.15) is 30.6 Å². The minimum Gasteiger partial charge on any atom is -0.480 e. The first-order valence-corrected chi connectivity index (χ1v) is 9.29. The summed E-state index contributed by atoms with van der Waals surface area (Å²) in [5, 5.41) is 9.20. The number of aliphatic carboxylic acids is 1. The molecule has 1 aliphatic heterocycles. The van der Waals surface area contributed by atoms with Gasteiger partial charge in [-0.25, -0.2) is 8.42 Å². The summed E-state index contributed by atoms with van der Waals surface area (Å²) in [4.78, 5) is 24.4. The molecule has 1 heterocycles. The minimum atomic E-state index is -3.63. The second kappa shape index (κ2) is 7.42. The maximum atomic E-state index is 12.7. The van der Waals surface area contributed by atoms with Gasteiger partial charge in [-0.2, -0.15) is 4.31 Å². The SMILES string of the molecule is CCC(C(=O)O)N1CCN(S(=O)(=O)c2ccc(C(C)=O)cc2)CC1. The number of piperazine rings is 1. The molecule has 0 aliphatic carbocycles. The monoisotopic (exact) mass is 354 g/mol. The average molecular weight is 354 g/mol. The van der Waals surface area contributed by atoms with Gasteiger partial charge in [-0.3, -0.25) is 14.5 Å². The van der Waals surface area contributed by atoms with Gasteiger partial charge in [-0.05, 0) is 25.5 Å². The molecule has 1 unspecified atom stereocenters. The van der Waals surface area contributed by atoms with E-state index >= 15 is 0 Å². The van der Waals surface area contributed by atoms with Crippen LogP contribution in [0, 0.1) is 0 Å². The van der Waals surface area contributed by atoms with Crippen molar-refractivity contribution in [1.29, 1.82) is 0 Å². The van der Waals surface area contributed by atoms with Gasteiger partial charge in [0.25, 0.3) is 0 Å². The Morgan fingerprint density at radius 2 is 1.67 bits per heavy atom. The van der Waals surface area contributed by atoms with Gasteiger partial charge in [0, 0.05) is 31.7 Å². The van der Waals surface area contributed by atoms with E-state index in [0.717, 1.165) is 0 Å². The van der Waals surface area contributed by atoms with Crippen LogP contribution >= 0.6 is 0 Å². The zero-order valence-electron chi connectivity index (χ0n) is 13.8. The van der Waals surface area contributed by atoms with E-state index < -0.39 is 22.0 Å². The summed E-state index contributed by atoms with van der Waals surface area (Å²) < 4.78 is 26.7. The Kier molecular flexibility index (Phi) is 5.74. The summed E-state index contributed by atoms with van der Waals surface area (Å²) in [7, 11) is -3.63. The van der Waals surface area contributed by atoms with Crippen molar-refractivity contribution in [1.82, 2.24) is 9.21 Å². The lowest BCUT2D eigenvalue weighted by Gasteiger charge is -2.36. The van der Waals surface area contributed by atoms with Gasteiger partial charge < -0.3 is 5.11 Å². The largest absolute Gasteiger partial charge is 0.480 e. The number of ketones is 1. The Balaban J connectivity index is 2.09. The van der Waals surface area contributed by atoms with Gasteiger partial charge in [-0.15, -0.1) is 0 Å². The molecule has 1 aromatic carbocycles. The zero-order valence-corrected chi connectivity index (χ0v) is 14.6. The quantitative estimate of drug-likeness (QED) is 0.768. The minimum absolute atomic E-state index is 0.119. The van der Waals surface area contributed by atoms with Crippen LogP contribution in [0.3, 0.4) is 0 Å². The molecule has 2 rings (SSSR count). The van der Waals surface area contributed by atoms with Crippen molar-refractivity contribution in [2.75, 3.05) is 26.2 Å². The third-order valence-corrected chi connectivity index (χ3v) is 6.20. The first-order chi connectivity index (χ1) is 11.3. The molecule has 1 fully saturated rings. The fourth-order valence-corrected chi connectivity index (χ4v) is 4.28. The molecule has 7 nitrogen and oxygen atoms in total. The molecule has 8 heteroatoms. The molecular formula is C16H22N2O5S. The predicted octanol–water partition coefficient (Wildman–Crippen LogP) is 1.06. The molecule has 132 valence electrons. The highest BCUT2D eigenvalue weighted by Gasteiger charge is 2.32. The van der Waals surface area contributed by atoms with Crippen LogP contribution in [-0.4, -0.2) is 66.7 Å². The van der Waals surface area contributed by atoms with E-state index in [1.54, 1.807) is 11.8 Å². The van der Waals surface area contributed by atoms with E-state index in [0.29, 0.717) is 25.1 Å². The highest BCUT2D eigenvalue weighted by atomic mass is 32.2. The number of rotatable bonds is 6. The Labute approximate surface area is 141 Å². The van der Waals surface area contributed by atoms with Crippen LogP contribution in [0.4, 0.5) is 0 Å². The number of sulfonamides is 1. The number of hydrogen-bond acceptors (Lipinski definition) is 5. The number of nitrogens with zero attached hydrogens (tertiary/aromatic N) is 2. The van der Waals surface area contributed by atoms with Crippen molar-refractivity contribution in [3.63, 3.8) is 0 Å². The smallest absolute Gasteiger partial charge is 0.320 e. The van der Waals surface area contributed by atoms with E-state index in [-0.39, 0.29) is 23.8 Å². The lowest BCUT2D eigenvalue weighted by Crippen LogP contribution is -2.53. The van der Waals surface area contributed by atoms with E-state index in [4.69, 9.17) is 0 Å². The third kappa shape index (κ3) is 3.82. The van der Waals surface area contributed by atoms with Gasteiger partial charge in [0.2, 0.25) is 10.0 Å². The molecule has 0 amide bonds. The van der Waals surface area contributed by atoms with Crippen LogP contribution in [0.25, 0.3) is 0 Å². The molecule has 0 bridgehead atoms. The summed E-state index contributed by atoms with van der Waals surface area (Å²) in [5.74, 6) is -1.000. The first kappa shape index (κ1) is 18.6. The summed E-state index contributed by atoms with van der Waals surface area (Å²) in [6.45, 7) is 4.50. The van der Waals surface area contributed by atoms with Crippen LogP contribution in [-0.2, 0) is 14.8 Å². The van der Waals surface area contributed by atoms with Crippen LogP contribution < -0.4 is 0 Å². The molecule has 1 aromatic rings. The molecule has 0 aromatic heterocycles. The van der Waals surface area contributed by atoms with Crippen LogP contribution in [0.2, 0.25) is 0 Å². The second-order valence-electron chi connectivity index (χ2n) is 5.78. The van der Waals surface area contributed by atoms with E-state index in [1.807, 2.05) is 0 Å². The Hall–Kier alpha value is -1.77. The van der Waals surface area contributed by atoms with Crippen molar-refractivity contribution < 1.29 is 23.1 Å². The maximum Gasteiger partial charge on any atom is 0.320 e. The molecule has 1 aliphatic rings. The summed E-state index contributed by atoms with van der Waals surface area (Å²) in [5.41, 5.74) is 0.464. The maximum absolute atomic E-state index is 12.7. The molecular weight excluding hydrogens is 332 g/mol. The number of carboxylic acid groups (broad SMARTS) is 1. The zero-order chi connectivity index (χ0) is 17.9. The number of carbonyl (C=O) groups excluding carboxylic acids is 1. The van der Waals surface area contributed by atoms with Crippen molar-refractivity contribution in [3.8, 4) is 0 Å². The lowest BCUT2D eigenvalue weighted by molar-refractivity contribution is -0.143. The normalized spacial score (nSPS) is 18.2. The average Bonchev–Trinajstić information content (AvgIpc) is 2.55. The summed E-state index contributed by atoms with van der Waals surface area (Å²) in [6, 6.07) is 5.30. The lowest BCUT2D eigenvalue weighted by atomic mass is 10.1. The number of hydrogen-bond donors (Lipinski definition) is 1. The number of carbonyl (C=O) groups is 2. The molecule has 1 N–H and O–H groups in total. The van der Waals surface area contributed by atoms with Gasteiger partial charge in [0.1, 0.15) is 6.04 Å². The topological polar surface area (TPSA) is 95.0 Å². The van der Waals surface area contributed by atoms with Crippen molar-refractivity contribution >= 4 is 21.8 Å². The molecule has 1 atom stereocenters. The van der Waals surface area contributed by atoms with Crippen molar-refractivity contribution in [2.24, 2.45) is 0 Å². The predicted molar refractivity (Wildman–Crippen MR) is 88.5 cm³/mol. The van der Waals surface area contributed by atoms with E-state index in [1.165, 1.54) is 35.5 Å². The Morgan fingerprint density at radius 3 is 2.08 bits per heavy atom. The van der Waals surface area contributed by atoms with Crippen LogP contribution in [0.15, 0.2) is 29.2 Å². The Morgan fingerprint density at radius 1 is 1.12 bits per heavy atom. The van der Waals surface area contributed by atoms with Crippen molar-refractivity contribution in [3.05, 3.63) is 29.8 Å². The number of Topliss-reactive ketones (excluding diaryl/α,β-unsaturated/α-hetero) is 1. The highest BCUT2D eigenvalue weighted by molar-refractivity contribution is 7.89. The van der Waals surface area contributed by atoms with Crippen molar-refractivity contribution in [2.45, 2.75) is 31.2 Å².